The molecular formula is C8H5BrF3IO. The van der Waals surface area contributed by atoms with Crippen LogP contribution < -0.4 is 4.74 Å². The fourth-order valence-corrected chi connectivity index (χ4v) is 2.76. The molecule has 1 nitrogen and oxygen atoms in total. The Balaban J connectivity index is 3.28. The van der Waals surface area contributed by atoms with Gasteiger partial charge in [-0.3, -0.25) is 0 Å². The molecule has 0 amide bonds. The molecule has 1 rings (SSSR count). The molecule has 1 aromatic carbocycles. The molecule has 0 spiro atoms. The molecule has 0 aliphatic heterocycles. The zero-order chi connectivity index (χ0) is 10.9. The lowest BCUT2D eigenvalue weighted by Gasteiger charge is -2.11. The van der Waals surface area contributed by atoms with Gasteiger partial charge in [0.15, 0.2) is 0 Å². The SMILES string of the molecule is COc1c(Br)cc(C(F)(F)F)cc1I. The molecule has 0 radical (unpaired) electrons. The molecule has 0 aliphatic carbocycles. The molecule has 0 saturated carbocycles. The Morgan fingerprint density at radius 3 is 2.29 bits per heavy atom. The molecule has 78 valence electrons. The highest BCUT2D eigenvalue weighted by Crippen LogP contribution is 2.37. The van der Waals surface area contributed by atoms with E-state index in [1.54, 1.807) is 22.6 Å². The lowest BCUT2D eigenvalue weighted by Crippen LogP contribution is -2.05. The number of alkyl halides is 3. The molecule has 0 aliphatic rings. The summed E-state index contributed by atoms with van der Waals surface area (Å²) in [6.07, 6.45) is -4.32. The quantitative estimate of drug-likeness (QED) is 0.667. The van der Waals surface area contributed by atoms with E-state index in [9.17, 15) is 13.2 Å². The van der Waals surface area contributed by atoms with Crippen LogP contribution in [0.2, 0.25) is 0 Å². The van der Waals surface area contributed by atoms with Crippen molar-refractivity contribution in [3.8, 4) is 5.75 Å². The molecule has 0 atom stereocenters. The van der Waals surface area contributed by atoms with Gasteiger partial charge in [0.1, 0.15) is 5.75 Å². The Bertz CT molecular complexity index is 328. The van der Waals surface area contributed by atoms with Crippen LogP contribution in [0.15, 0.2) is 16.6 Å². The second-order valence-corrected chi connectivity index (χ2v) is 4.49. The highest BCUT2D eigenvalue weighted by molar-refractivity contribution is 14.1. The van der Waals surface area contributed by atoms with Crippen LogP contribution in [0.25, 0.3) is 0 Å². The van der Waals surface area contributed by atoms with Gasteiger partial charge in [0, 0.05) is 0 Å². The average Bonchev–Trinajstić information content (AvgIpc) is 2.01. The normalized spacial score (nSPS) is 11.6. The minimum Gasteiger partial charge on any atom is -0.494 e. The maximum Gasteiger partial charge on any atom is 0.416 e. The summed E-state index contributed by atoms with van der Waals surface area (Å²) in [6.45, 7) is 0. The van der Waals surface area contributed by atoms with Crippen molar-refractivity contribution in [2.75, 3.05) is 7.11 Å². The van der Waals surface area contributed by atoms with E-state index in [1.165, 1.54) is 7.11 Å². The molecule has 1 aromatic rings. The number of benzene rings is 1. The van der Waals surface area contributed by atoms with Crippen LogP contribution in [0, 0.1) is 3.57 Å². The lowest BCUT2D eigenvalue weighted by molar-refractivity contribution is -0.137. The standard InChI is InChI=1S/C8H5BrF3IO/c1-14-7-5(9)2-4(3-6(7)13)8(10,11)12/h2-3H,1H3. The van der Waals surface area contributed by atoms with E-state index < -0.39 is 11.7 Å². The molecule has 0 heterocycles. The number of ether oxygens (including phenoxy) is 1. The first-order valence-corrected chi connectivity index (χ1v) is 5.33. The second kappa shape index (κ2) is 4.26. The number of halogens is 5. The third-order valence-corrected chi connectivity index (χ3v) is 2.92. The lowest BCUT2D eigenvalue weighted by atomic mass is 10.2. The maximum atomic E-state index is 12.3. The number of rotatable bonds is 1. The molecule has 0 N–H and O–H groups in total. The van der Waals surface area contributed by atoms with Crippen molar-refractivity contribution in [2.45, 2.75) is 6.18 Å². The van der Waals surface area contributed by atoms with Crippen LogP contribution in [0.3, 0.4) is 0 Å². The fourth-order valence-electron chi connectivity index (χ4n) is 0.919. The molecule has 0 fully saturated rings. The summed E-state index contributed by atoms with van der Waals surface area (Å²) in [5, 5.41) is 0. The van der Waals surface area contributed by atoms with Gasteiger partial charge in [-0.25, -0.2) is 0 Å². The Kier molecular flexibility index (Phi) is 3.68. The summed E-state index contributed by atoms with van der Waals surface area (Å²) in [5.74, 6) is 0.415. The highest BCUT2D eigenvalue weighted by Gasteiger charge is 2.31. The van der Waals surface area contributed by atoms with E-state index in [-0.39, 0.29) is 0 Å². The topological polar surface area (TPSA) is 9.23 Å². The molecule has 0 bridgehead atoms. The van der Waals surface area contributed by atoms with Crippen LogP contribution in [0.1, 0.15) is 5.56 Å². The van der Waals surface area contributed by atoms with Gasteiger partial charge in [-0.2, -0.15) is 13.2 Å². The van der Waals surface area contributed by atoms with Crippen LogP contribution in [-0.4, -0.2) is 7.11 Å². The Labute approximate surface area is 101 Å². The van der Waals surface area contributed by atoms with Crippen molar-refractivity contribution in [3.63, 3.8) is 0 Å². The zero-order valence-corrected chi connectivity index (χ0v) is 10.7. The van der Waals surface area contributed by atoms with Crippen LogP contribution >= 0.6 is 38.5 Å². The Hall–Kier alpha value is 0.0200. The third-order valence-electron chi connectivity index (χ3n) is 1.53. The van der Waals surface area contributed by atoms with E-state index >= 15 is 0 Å². The smallest absolute Gasteiger partial charge is 0.416 e. The molecule has 0 saturated heterocycles. The van der Waals surface area contributed by atoms with Crippen molar-refractivity contribution in [2.24, 2.45) is 0 Å². The minimum atomic E-state index is -4.32. The van der Waals surface area contributed by atoms with Crippen LogP contribution in [0.4, 0.5) is 13.2 Å². The van der Waals surface area contributed by atoms with Crippen LogP contribution in [0.5, 0.6) is 5.75 Å². The second-order valence-electron chi connectivity index (χ2n) is 2.47. The van der Waals surface area contributed by atoms with Crippen molar-refractivity contribution >= 4 is 38.5 Å². The van der Waals surface area contributed by atoms with Crippen molar-refractivity contribution in [1.29, 1.82) is 0 Å². The predicted octanol–water partition coefficient (Wildman–Crippen LogP) is 4.08. The summed E-state index contributed by atoms with van der Waals surface area (Å²) in [5.41, 5.74) is -0.686. The summed E-state index contributed by atoms with van der Waals surface area (Å²) < 4.78 is 42.6. The fraction of sp³-hybridized carbons (Fsp3) is 0.250. The minimum absolute atomic E-state index is 0.305. The summed E-state index contributed by atoms with van der Waals surface area (Å²) >= 11 is 4.82. The van der Waals surface area contributed by atoms with E-state index in [2.05, 4.69) is 15.9 Å². The number of methoxy groups -OCH3 is 1. The molecule has 6 heteroatoms. The van der Waals surface area contributed by atoms with Gasteiger partial charge >= 0.3 is 6.18 Å². The van der Waals surface area contributed by atoms with Gasteiger partial charge in [0.05, 0.1) is 20.7 Å². The molecule has 0 aromatic heterocycles. The maximum absolute atomic E-state index is 12.3. The Morgan fingerprint density at radius 2 is 1.93 bits per heavy atom. The predicted molar refractivity (Wildman–Crippen MR) is 58.4 cm³/mol. The van der Waals surface area contributed by atoms with Gasteiger partial charge in [-0.15, -0.1) is 0 Å². The first-order valence-electron chi connectivity index (χ1n) is 3.46. The first-order chi connectivity index (χ1) is 6.36. The van der Waals surface area contributed by atoms with E-state index in [1.807, 2.05) is 0 Å². The molecular weight excluding hydrogens is 376 g/mol. The van der Waals surface area contributed by atoms with Crippen molar-refractivity contribution < 1.29 is 17.9 Å². The van der Waals surface area contributed by atoms with Crippen molar-refractivity contribution in [3.05, 3.63) is 25.7 Å². The average molecular weight is 381 g/mol. The van der Waals surface area contributed by atoms with E-state index in [0.29, 0.717) is 13.8 Å². The first kappa shape index (κ1) is 12.1. The highest BCUT2D eigenvalue weighted by atomic mass is 127. The zero-order valence-electron chi connectivity index (χ0n) is 6.95. The largest absolute Gasteiger partial charge is 0.494 e. The van der Waals surface area contributed by atoms with E-state index in [0.717, 1.165) is 12.1 Å². The monoisotopic (exact) mass is 380 g/mol. The van der Waals surface area contributed by atoms with Crippen LogP contribution in [-0.2, 0) is 6.18 Å². The van der Waals surface area contributed by atoms with Gasteiger partial charge in [0.2, 0.25) is 0 Å². The third kappa shape index (κ3) is 2.53. The van der Waals surface area contributed by atoms with Crippen molar-refractivity contribution in [1.82, 2.24) is 0 Å². The number of hydrogen-bond donors (Lipinski definition) is 0. The summed E-state index contributed by atoms with van der Waals surface area (Å²) in [7, 11) is 1.41. The summed E-state index contributed by atoms with van der Waals surface area (Å²) in [6, 6.07) is 2.05. The molecule has 14 heavy (non-hydrogen) atoms. The van der Waals surface area contributed by atoms with E-state index in [4.69, 9.17) is 4.74 Å². The molecule has 0 unspecified atom stereocenters. The van der Waals surface area contributed by atoms with Gasteiger partial charge in [-0.05, 0) is 50.7 Å². The number of hydrogen-bond acceptors (Lipinski definition) is 1. The summed E-state index contributed by atoms with van der Waals surface area (Å²) in [4.78, 5) is 0. The van der Waals surface area contributed by atoms with Gasteiger partial charge in [0.25, 0.3) is 0 Å². The van der Waals surface area contributed by atoms with Gasteiger partial charge < -0.3 is 4.74 Å². The van der Waals surface area contributed by atoms with Gasteiger partial charge in [-0.1, -0.05) is 0 Å². The Morgan fingerprint density at radius 1 is 1.36 bits per heavy atom.